The topological polar surface area (TPSA) is 39.1 Å². The molecule has 2 rings (SSSR count). The van der Waals surface area contributed by atoms with Crippen molar-refractivity contribution >= 4 is 0 Å². The van der Waals surface area contributed by atoms with Crippen molar-refractivity contribution in [2.24, 2.45) is 5.92 Å². The van der Waals surface area contributed by atoms with Gasteiger partial charge in [0, 0.05) is 37.0 Å². The molecule has 0 aromatic carbocycles. The molecule has 1 N–H and O–H groups in total. The van der Waals surface area contributed by atoms with Gasteiger partial charge in [-0.05, 0) is 25.3 Å². The molecule has 1 atom stereocenters. The van der Waals surface area contributed by atoms with E-state index < -0.39 is 0 Å². The summed E-state index contributed by atoms with van der Waals surface area (Å²) in [6.45, 7) is 11.5. The number of hydrogen-bond acceptors (Lipinski definition) is 3. The molecular weight excluding hydrogens is 238 g/mol. The van der Waals surface area contributed by atoms with Gasteiger partial charge in [-0.3, -0.25) is 0 Å². The largest absolute Gasteiger partial charge is 0.380 e. The summed E-state index contributed by atoms with van der Waals surface area (Å²) in [5.41, 5.74) is 1.57. The molecule has 4 nitrogen and oxygen atoms in total. The molecular formula is C15H27N3O. The maximum atomic E-state index is 5.70. The van der Waals surface area contributed by atoms with Gasteiger partial charge in [0.25, 0.3) is 0 Å². The Hall–Kier alpha value is -0.870. The monoisotopic (exact) mass is 265 g/mol. The summed E-state index contributed by atoms with van der Waals surface area (Å²) in [4.78, 5) is 4.32. The number of imidazole rings is 1. The molecule has 1 aromatic heterocycles. The minimum Gasteiger partial charge on any atom is -0.380 e. The van der Waals surface area contributed by atoms with E-state index >= 15 is 0 Å². The van der Waals surface area contributed by atoms with Gasteiger partial charge in [-0.1, -0.05) is 20.8 Å². The van der Waals surface area contributed by atoms with Crippen LogP contribution < -0.4 is 5.32 Å². The van der Waals surface area contributed by atoms with Gasteiger partial charge in [0.15, 0.2) is 0 Å². The Morgan fingerprint density at radius 3 is 3.00 bits per heavy atom. The van der Waals surface area contributed by atoms with E-state index in [4.69, 9.17) is 4.74 Å². The molecule has 0 saturated carbocycles. The van der Waals surface area contributed by atoms with Crippen LogP contribution in [-0.4, -0.2) is 35.9 Å². The third-order valence-electron chi connectivity index (χ3n) is 4.02. The van der Waals surface area contributed by atoms with Gasteiger partial charge in [-0.2, -0.15) is 0 Å². The minimum absolute atomic E-state index is 0.231. The van der Waals surface area contributed by atoms with Gasteiger partial charge in [-0.15, -0.1) is 0 Å². The fourth-order valence-electron chi connectivity index (χ4n) is 2.62. The number of rotatable bonds is 7. The number of nitrogens with zero attached hydrogens (tertiary/aromatic N) is 2. The molecule has 0 spiro atoms. The van der Waals surface area contributed by atoms with Gasteiger partial charge in [0.05, 0.1) is 12.9 Å². The SMILES string of the molecule is CC(C)CCOCCn1cncc1C1(C)CCNC1. The van der Waals surface area contributed by atoms with Crippen molar-refractivity contribution in [3.8, 4) is 0 Å². The van der Waals surface area contributed by atoms with E-state index in [1.165, 1.54) is 12.1 Å². The van der Waals surface area contributed by atoms with E-state index in [-0.39, 0.29) is 5.41 Å². The molecule has 1 aliphatic rings. The summed E-state index contributed by atoms with van der Waals surface area (Å²) < 4.78 is 7.96. The Kier molecular flexibility index (Phi) is 4.99. The maximum absolute atomic E-state index is 5.70. The van der Waals surface area contributed by atoms with Crippen molar-refractivity contribution in [3.05, 3.63) is 18.2 Å². The average Bonchev–Trinajstić information content (AvgIpc) is 2.98. The first-order valence-corrected chi connectivity index (χ1v) is 7.41. The van der Waals surface area contributed by atoms with Crippen molar-refractivity contribution in [1.82, 2.24) is 14.9 Å². The van der Waals surface area contributed by atoms with Crippen LogP contribution in [0.5, 0.6) is 0 Å². The Morgan fingerprint density at radius 2 is 2.32 bits per heavy atom. The first kappa shape index (κ1) is 14.5. The Bertz CT molecular complexity index is 380. The third-order valence-corrected chi connectivity index (χ3v) is 4.02. The van der Waals surface area contributed by atoms with E-state index in [2.05, 4.69) is 35.6 Å². The molecule has 2 heterocycles. The molecule has 1 aromatic rings. The summed E-state index contributed by atoms with van der Waals surface area (Å²) in [6.07, 6.45) is 6.27. The van der Waals surface area contributed by atoms with E-state index in [0.717, 1.165) is 39.3 Å². The van der Waals surface area contributed by atoms with Crippen molar-refractivity contribution in [2.75, 3.05) is 26.3 Å². The van der Waals surface area contributed by atoms with Crippen molar-refractivity contribution < 1.29 is 4.74 Å². The fourth-order valence-corrected chi connectivity index (χ4v) is 2.62. The highest BCUT2D eigenvalue weighted by molar-refractivity contribution is 5.17. The first-order valence-electron chi connectivity index (χ1n) is 7.41. The zero-order chi connectivity index (χ0) is 13.7. The van der Waals surface area contributed by atoms with Gasteiger partial charge >= 0.3 is 0 Å². The summed E-state index contributed by atoms with van der Waals surface area (Å²) in [5, 5.41) is 3.44. The summed E-state index contributed by atoms with van der Waals surface area (Å²) >= 11 is 0. The Morgan fingerprint density at radius 1 is 1.47 bits per heavy atom. The molecule has 0 bridgehead atoms. The van der Waals surface area contributed by atoms with E-state index in [1.807, 2.05) is 12.5 Å². The number of ether oxygens (including phenoxy) is 1. The molecule has 0 amide bonds. The maximum Gasteiger partial charge on any atom is 0.0949 e. The summed E-state index contributed by atoms with van der Waals surface area (Å²) in [6, 6.07) is 0. The van der Waals surface area contributed by atoms with Crippen molar-refractivity contribution in [1.29, 1.82) is 0 Å². The second-order valence-electron chi connectivity index (χ2n) is 6.25. The van der Waals surface area contributed by atoms with Gasteiger partial charge in [-0.25, -0.2) is 4.98 Å². The Labute approximate surface area is 116 Å². The minimum atomic E-state index is 0.231. The van der Waals surface area contributed by atoms with Crippen LogP contribution in [0.25, 0.3) is 0 Å². The van der Waals surface area contributed by atoms with Gasteiger partial charge < -0.3 is 14.6 Å². The van der Waals surface area contributed by atoms with Crippen LogP contribution in [0.1, 0.15) is 39.3 Å². The van der Waals surface area contributed by atoms with Gasteiger partial charge in [0.2, 0.25) is 0 Å². The predicted molar refractivity (Wildman–Crippen MR) is 77.3 cm³/mol. The lowest BCUT2D eigenvalue weighted by Gasteiger charge is -2.24. The second-order valence-corrected chi connectivity index (χ2v) is 6.25. The summed E-state index contributed by atoms with van der Waals surface area (Å²) in [7, 11) is 0. The highest BCUT2D eigenvalue weighted by Crippen LogP contribution is 2.29. The molecule has 1 fully saturated rings. The molecule has 108 valence electrons. The zero-order valence-electron chi connectivity index (χ0n) is 12.5. The molecule has 1 unspecified atom stereocenters. The molecule has 1 aliphatic heterocycles. The number of aromatic nitrogens is 2. The average molecular weight is 265 g/mol. The highest BCUT2D eigenvalue weighted by atomic mass is 16.5. The molecule has 19 heavy (non-hydrogen) atoms. The van der Waals surface area contributed by atoms with E-state index in [1.54, 1.807) is 0 Å². The van der Waals surface area contributed by atoms with E-state index in [0.29, 0.717) is 5.92 Å². The lowest BCUT2D eigenvalue weighted by atomic mass is 9.86. The highest BCUT2D eigenvalue weighted by Gasteiger charge is 2.33. The lowest BCUT2D eigenvalue weighted by Crippen LogP contribution is -2.28. The van der Waals surface area contributed by atoms with Crippen LogP contribution in [0.2, 0.25) is 0 Å². The summed E-state index contributed by atoms with van der Waals surface area (Å²) in [5.74, 6) is 0.715. The first-order chi connectivity index (χ1) is 9.12. The molecule has 0 aliphatic carbocycles. The third kappa shape index (κ3) is 3.80. The fraction of sp³-hybridized carbons (Fsp3) is 0.800. The molecule has 1 saturated heterocycles. The van der Waals surface area contributed by atoms with Crippen LogP contribution in [0.4, 0.5) is 0 Å². The van der Waals surface area contributed by atoms with Crippen LogP contribution in [0.15, 0.2) is 12.5 Å². The normalized spacial score (nSPS) is 23.4. The number of nitrogens with one attached hydrogen (secondary N) is 1. The smallest absolute Gasteiger partial charge is 0.0949 e. The zero-order valence-corrected chi connectivity index (χ0v) is 12.5. The lowest BCUT2D eigenvalue weighted by molar-refractivity contribution is 0.115. The van der Waals surface area contributed by atoms with Crippen molar-refractivity contribution in [3.63, 3.8) is 0 Å². The second kappa shape index (κ2) is 6.53. The molecule has 4 heteroatoms. The van der Waals surface area contributed by atoms with Crippen LogP contribution in [0.3, 0.4) is 0 Å². The van der Waals surface area contributed by atoms with E-state index in [9.17, 15) is 0 Å². The Balaban J connectivity index is 1.83. The number of hydrogen-bond donors (Lipinski definition) is 1. The standard InChI is InChI=1S/C15H27N3O/c1-13(2)4-8-19-9-7-18-12-17-10-14(18)15(3)5-6-16-11-15/h10,12-13,16H,4-9,11H2,1-3H3. The van der Waals surface area contributed by atoms with Crippen LogP contribution >= 0.6 is 0 Å². The van der Waals surface area contributed by atoms with Crippen LogP contribution in [0, 0.1) is 5.92 Å². The van der Waals surface area contributed by atoms with Crippen molar-refractivity contribution in [2.45, 2.75) is 45.6 Å². The van der Waals surface area contributed by atoms with Gasteiger partial charge in [0.1, 0.15) is 0 Å². The quantitative estimate of drug-likeness (QED) is 0.768. The van der Waals surface area contributed by atoms with Crippen LogP contribution in [-0.2, 0) is 16.7 Å². The molecule has 0 radical (unpaired) electrons. The predicted octanol–water partition coefficient (Wildman–Crippen LogP) is 2.20.